The standard InChI is InChI=1S/C13H16N2O3/c1-18-11-6-3-9(4-7-11)2-5-10(13(15)17)8-12(14)16/h3-7H,2,8H2,1H3,(H2,14,16)(H2,15,17). The van der Waals surface area contributed by atoms with Gasteiger partial charge in [0.1, 0.15) is 5.75 Å². The van der Waals surface area contributed by atoms with Gasteiger partial charge in [0.25, 0.3) is 0 Å². The quantitative estimate of drug-likeness (QED) is 0.718. The number of hydrogen-bond donors (Lipinski definition) is 2. The van der Waals surface area contributed by atoms with Crippen LogP contribution in [0.3, 0.4) is 0 Å². The number of nitrogens with two attached hydrogens (primary N) is 2. The van der Waals surface area contributed by atoms with Crippen LogP contribution in [0.2, 0.25) is 0 Å². The number of carbonyl (C=O) groups is 2. The highest BCUT2D eigenvalue weighted by Crippen LogP contribution is 2.13. The van der Waals surface area contributed by atoms with E-state index in [0.29, 0.717) is 6.42 Å². The van der Waals surface area contributed by atoms with Gasteiger partial charge in [0.2, 0.25) is 11.8 Å². The summed E-state index contributed by atoms with van der Waals surface area (Å²) in [4.78, 5) is 21.8. The number of carbonyl (C=O) groups excluding carboxylic acids is 2. The molecule has 4 N–H and O–H groups in total. The average molecular weight is 248 g/mol. The van der Waals surface area contributed by atoms with E-state index in [-0.39, 0.29) is 12.0 Å². The van der Waals surface area contributed by atoms with Crippen molar-refractivity contribution in [1.82, 2.24) is 0 Å². The Labute approximate surface area is 105 Å². The topological polar surface area (TPSA) is 95.4 Å². The summed E-state index contributed by atoms with van der Waals surface area (Å²) in [7, 11) is 1.59. The normalized spacial score (nSPS) is 11.1. The molecule has 0 saturated heterocycles. The predicted molar refractivity (Wildman–Crippen MR) is 67.8 cm³/mol. The van der Waals surface area contributed by atoms with E-state index in [2.05, 4.69) is 0 Å². The van der Waals surface area contributed by atoms with E-state index in [0.717, 1.165) is 11.3 Å². The van der Waals surface area contributed by atoms with Gasteiger partial charge in [-0.3, -0.25) is 9.59 Å². The van der Waals surface area contributed by atoms with Crippen LogP contribution in [0.25, 0.3) is 0 Å². The van der Waals surface area contributed by atoms with Crippen LogP contribution in [0.15, 0.2) is 35.9 Å². The van der Waals surface area contributed by atoms with Crippen molar-refractivity contribution >= 4 is 11.8 Å². The Morgan fingerprint density at radius 2 is 1.83 bits per heavy atom. The van der Waals surface area contributed by atoms with Crippen molar-refractivity contribution in [1.29, 1.82) is 0 Å². The fraction of sp³-hybridized carbons (Fsp3) is 0.231. The molecule has 0 aliphatic carbocycles. The molecule has 18 heavy (non-hydrogen) atoms. The van der Waals surface area contributed by atoms with E-state index < -0.39 is 11.8 Å². The number of hydrogen-bond acceptors (Lipinski definition) is 3. The van der Waals surface area contributed by atoms with Crippen LogP contribution in [-0.2, 0) is 16.0 Å². The molecule has 0 heterocycles. The molecule has 0 atom stereocenters. The van der Waals surface area contributed by atoms with Crippen LogP contribution in [0.1, 0.15) is 12.0 Å². The van der Waals surface area contributed by atoms with Crippen LogP contribution < -0.4 is 16.2 Å². The second-order valence-electron chi connectivity index (χ2n) is 3.79. The molecule has 0 spiro atoms. The molecule has 2 amide bonds. The van der Waals surface area contributed by atoms with Gasteiger partial charge in [-0.25, -0.2) is 0 Å². The Balaban J connectivity index is 2.74. The van der Waals surface area contributed by atoms with Crippen molar-refractivity contribution in [2.24, 2.45) is 11.5 Å². The van der Waals surface area contributed by atoms with Crippen molar-refractivity contribution in [2.75, 3.05) is 7.11 Å². The lowest BCUT2D eigenvalue weighted by Gasteiger charge is -2.03. The van der Waals surface area contributed by atoms with E-state index in [4.69, 9.17) is 16.2 Å². The SMILES string of the molecule is COc1ccc(CC=C(CC(N)=O)C(N)=O)cc1. The molecule has 5 nitrogen and oxygen atoms in total. The highest BCUT2D eigenvalue weighted by molar-refractivity contribution is 5.97. The molecule has 0 saturated carbocycles. The first-order valence-electron chi connectivity index (χ1n) is 5.43. The first-order chi connectivity index (χ1) is 8.52. The summed E-state index contributed by atoms with van der Waals surface area (Å²) in [5, 5.41) is 0. The molecule has 0 aliphatic heterocycles. The van der Waals surface area contributed by atoms with Crippen molar-refractivity contribution in [2.45, 2.75) is 12.8 Å². The molecule has 1 aromatic rings. The maximum Gasteiger partial charge on any atom is 0.244 e. The molecular weight excluding hydrogens is 232 g/mol. The first-order valence-corrected chi connectivity index (χ1v) is 5.43. The first kappa shape index (κ1) is 13.8. The van der Waals surface area contributed by atoms with Gasteiger partial charge in [0, 0.05) is 5.57 Å². The van der Waals surface area contributed by atoms with Crippen molar-refractivity contribution in [3.63, 3.8) is 0 Å². The van der Waals surface area contributed by atoms with Crippen LogP contribution in [-0.4, -0.2) is 18.9 Å². The molecule has 0 radical (unpaired) electrons. The lowest BCUT2D eigenvalue weighted by atomic mass is 10.1. The zero-order valence-electron chi connectivity index (χ0n) is 10.2. The molecule has 96 valence electrons. The van der Waals surface area contributed by atoms with Gasteiger partial charge >= 0.3 is 0 Å². The number of allylic oxidation sites excluding steroid dienone is 1. The summed E-state index contributed by atoms with van der Waals surface area (Å²) >= 11 is 0. The van der Waals surface area contributed by atoms with E-state index in [1.807, 2.05) is 24.3 Å². The highest BCUT2D eigenvalue weighted by Gasteiger charge is 2.07. The summed E-state index contributed by atoms with van der Waals surface area (Å²) < 4.78 is 5.03. The van der Waals surface area contributed by atoms with Gasteiger partial charge in [-0.2, -0.15) is 0 Å². The Morgan fingerprint density at radius 1 is 1.22 bits per heavy atom. The minimum atomic E-state index is -0.623. The van der Waals surface area contributed by atoms with E-state index in [1.54, 1.807) is 13.2 Å². The van der Waals surface area contributed by atoms with Gasteiger partial charge in [0.15, 0.2) is 0 Å². The number of benzene rings is 1. The van der Waals surface area contributed by atoms with E-state index >= 15 is 0 Å². The van der Waals surface area contributed by atoms with Crippen molar-refractivity contribution in [3.05, 3.63) is 41.5 Å². The van der Waals surface area contributed by atoms with E-state index in [1.165, 1.54) is 0 Å². The average Bonchev–Trinajstić information content (AvgIpc) is 2.34. The fourth-order valence-corrected chi connectivity index (χ4v) is 1.45. The van der Waals surface area contributed by atoms with Gasteiger partial charge < -0.3 is 16.2 Å². The second-order valence-corrected chi connectivity index (χ2v) is 3.79. The number of ether oxygens (including phenoxy) is 1. The maximum absolute atomic E-state index is 11.1. The Hall–Kier alpha value is -2.30. The van der Waals surface area contributed by atoms with Crippen LogP contribution >= 0.6 is 0 Å². The summed E-state index contributed by atoms with van der Waals surface area (Å²) in [5.74, 6) is -0.438. The largest absolute Gasteiger partial charge is 0.497 e. The minimum Gasteiger partial charge on any atom is -0.497 e. The molecule has 0 aliphatic rings. The van der Waals surface area contributed by atoms with Gasteiger partial charge in [-0.05, 0) is 24.1 Å². The number of primary amides is 2. The zero-order valence-corrected chi connectivity index (χ0v) is 10.2. The summed E-state index contributed by atoms with van der Waals surface area (Å²) in [5.41, 5.74) is 11.4. The second kappa shape index (κ2) is 6.44. The fourth-order valence-electron chi connectivity index (χ4n) is 1.45. The third-order valence-corrected chi connectivity index (χ3v) is 2.42. The maximum atomic E-state index is 11.1. The predicted octanol–water partition coefficient (Wildman–Crippen LogP) is 0.525. The number of methoxy groups -OCH3 is 1. The Bertz CT molecular complexity index is 464. The third-order valence-electron chi connectivity index (χ3n) is 2.42. The smallest absolute Gasteiger partial charge is 0.244 e. The number of rotatable bonds is 6. The molecule has 0 aromatic heterocycles. The van der Waals surface area contributed by atoms with Gasteiger partial charge in [-0.1, -0.05) is 18.2 Å². The van der Waals surface area contributed by atoms with Crippen LogP contribution in [0.4, 0.5) is 0 Å². The Morgan fingerprint density at radius 3 is 2.28 bits per heavy atom. The lowest BCUT2D eigenvalue weighted by molar-refractivity contribution is -0.120. The molecular formula is C13H16N2O3. The monoisotopic (exact) mass is 248 g/mol. The molecule has 0 bridgehead atoms. The Kier molecular flexibility index (Phi) is 4.92. The molecule has 5 heteroatoms. The van der Waals surface area contributed by atoms with Crippen molar-refractivity contribution in [3.8, 4) is 5.75 Å². The van der Waals surface area contributed by atoms with Gasteiger partial charge in [-0.15, -0.1) is 0 Å². The summed E-state index contributed by atoms with van der Waals surface area (Å²) in [6.45, 7) is 0. The third kappa shape index (κ3) is 4.29. The van der Waals surface area contributed by atoms with Crippen molar-refractivity contribution < 1.29 is 14.3 Å². The molecule has 0 unspecified atom stereocenters. The highest BCUT2D eigenvalue weighted by atomic mass is 16.5. The summed E-state index contributed by atoms with van der Waals surface area (Å²) in [6.07, 6.45) is 2.00. The summed E-state index contributed by atoms with van der Waals surface area (Å²) in [6, 6.07) is 7.39. The number of amides is 2. The minimum absolute atomic E-state index is 0.133. The van der Waals surface area contributed by atoms with Gasteiger partial charge in [0.05, 0.1) is 13.5 Å². The lowest BCUT2D eigenvalue weighted by Crippen LogP contribution is -2.20. The van der Waals surface area contributed by atoms with Crippen LogP contribution in [0, 0.1) is 0 Å². The van der Waals surface area contributed by atoms with Crippen LogP contribution in [0.5, 0.6) is 5.75 Å². The molecule has 0 fully saturated rings. The zero-order chi connectivity index (χ0) is 13.5. The molecule has 1 rings (SSSR count). The van der Waals surface area contributed by atoms with E-state index in [9.17, 15) is 9.59 Å². The molecule has 1 aromatic carbocycles.